The van der Waals surface area contributed by atoms with Crippen LogP contribution in [0.25, 0.3) is 0 Å². The average molecular weight is 547 g/mol. The maximum Gasteiger partial charge on any atom is 0.115 e. The van der Waals surface area contributed by atoms with Crippen LogP contribution in [-0.2, 0) is 12.8 Å². The first-order valence-electron chi connectivity index (χ1n) is 16.7. The molecule has 3 unspecified atom stereocenters. The largest absolute Gasteiger partial charge is 0.508 e. The number of aryl methyl sites for hydroxylation is 1. The van der Waals surface area contributed by atoms with E-state index in [4.69, 9.17) is 0 Å². The topological polar surface area (TPSA) is 65.4 Å². The van der Waals surface area contributed by atoms with Crippen molar-refractivity contribution < 1.29 is 10.2 Å². The molecule has 220 valence electrons. The highest BCUT2D eigenvalue weighted by Crippen LogP contribution is 2.62. The highest BCUT2D eigenvalue weighted by Gasteiger charge is 2.57. The molecule has 2 aromatic rings. The zero-order chi connectivity index (χ0) is 27.8. The third-order valence-corrected chi connectivity index (χ3v) is 11.0. The highest BCUT2D eigenvalue weighted by atomic mass is 16.3. The van der Waals surface area contributed by atoms with Crippen LogP contribution < -0.4 is 5.32 Å². The number of benzene rings is 1. The van der Waals surface area contributed by atoms with Crippen LogP contribution >= 0.6 is 0 Å². The van der Waals surface area contributed by atoms with Gasteiger partial charge in [0.25, 0.3) is 0 Å². The third kappa shape index (κ3) is 7.10. The number of hydrogen-bond donors (Lipinski definition) is 3. The van der Waals surface area contributed by atoms with E-state index in [0.29, 0.717) is 29.4 Å². The second-order valence-corrected chi connectivity index (χ2v) is 13.6. The van der Waals surface area contributed by atoms with Gasteiger partial charge in [0.2, 0.25) is 0 Å². The molecule has 2 saturated carbocycles. The minimum atomic E-state index is -0.121. The van der Waals surface area contributed by atoms with Crippen LogP contribution in [0.4, 0.5) is 0 Å². The normalized spacial score (nSPS) is 29.1. The van der Waals surface area contributed by atoms with E-state index in [0.717, 1.165) is 32.4 Å². The van der Waals surface area contributed by atoms with E-state index in [2.05, 4.69) is 35.4 Å². The Labute approximate surface area is 243 Å². The molecule has 0 aliphatic heterocycles. The first kappa shape index (κ1) is 29.6. The van der Waals surface area contributed by atoms with Crippen molar-refractivity contribution in [1.82, 2.24) is 10.3 Å². The van der Waals surface area contributed by atoms with Crippen molar-refractivity contribution in [3.63, 3.8) is 0 Å². The fourth-order valence-electron chi connectivity index (χ4n) is 8.78. The number of rotatable bonds is 15. The Morgan fingerprint density at radius 3 is 2.48 bits per heavy atom. The van der Waals surface area contributed by atoms with Gasteiger partial charge < -0.3 is 15.5 Å². The zero-order valence-electron chi connectivity index (χ0n) is 25.0. The van der Waals surface area contributed by atoms with E-state index < -0.39 is 0 Å². The molecule has 0 radical (unpaired) electrons. The molecule has 3 aliphatic rings. The minimum absolute atomic E-state index is 0.106. The molecule has 3 aliphatic carbocycles. The van der Waals surface area contributed by atoms with Crippen molar-refractivity contribution in [1.29, 1.82) is 0 Å². The molecule has 6 atom stereocenters. The first-order chi connectivity index (χ1) is 19.6. The number of nitrogens with zero attached hydrogens (tertiary/aromatic N) is 1. The fourth-order valence-corrected chi connectivity index (χ4v) is 8.78. The van der Waals surface area contributed by atoms with Crippen LogP contribution in [0.5, 0.6) is 5.75 Å². The van der Waals surface area contributed by atoms with Crippen LogP contribution in [0.3, 0.4) is 0 Å². The number of unbranched alkanes of at least 4 members (excludes halogenated alkanes) is 8. The predicted octanol–water partition coefficient (Wildman–Crippen LogP) is 7.96. The van der Waals surface area contributed by atoms with Gasteiger partial charge in [0.05, 0.1) is 6.10 Å². The molecular formula is C36H54N2O2. The summed E-state index contributed by atoms with van der Waals surface area (Å²) in [6.07, 6.45) is 21.9. The van der Waals surface area contributed by atoms with Gasteiger partial charge in [0.1, 0.15) is 5.75 Å². The summed E-state index contributed by atoms with van der Waals surface area (Å²) in [6.45, 7) is 4.55. The van der Waals surface area contributed by atoms with Gasteiger partial charge in [-0.2, -0.15) is 0 Å². The number of aliphatic hydroxyl groups excluding tert-OH is 1. The highest BCUT2D eigenvalue weighted by molar-refractivity contribution is 5.40. The van der Waals surface area contributed by atoms with E-state index in [-0.39, 0.29) is 11.5 Å². The molecule has 0 spiro atoms. The minimum Gasteiger partial charge on any atom is -0.508 e. The summed E-state index contributed by atoms with van der Waals surface area (Å²) in [5, 5.41) is 25.0. The lowest BCUT2D eigenvalue weighted by molar-refractivity contribution is -0.0335. The molecule has 2 fully saturated rings. The van der Waals surface area contributed by atoms with Crippen LogP contribution in [0.15, 0.2) is 42.6 Å². The van der Waals surface area contributed by atoms with Gasteiger partial charge in [-0.1, -0.05) is 70.4 Å². The van der Waals surface area contributed by atoms with Crippen LogP contribution in [0.2, 0.25) is 0 Å². The number of aromatic hydroxyl groups is 1. The Morgan fingerprint density at radius 2 is 1.70 bits per heavy atom. The van der Waals surface area contributed by atoms with Gasteiger partial charge in [0, 0.05) is 24.9 Å². The Bertz CT molecular complexity index is 1040. The van der Waals surface area contributed by atoms with Gasteiger partial charge in [-0.15, -0.1) is 0 Å². The van der Waals surface area contributed by atoms with E-state index in [1.807, 2.05) is 24.4 Å². The SMILES string of the molecule is C[C@]12CCC3c4ccc(O)cc4CCC3C1C[C@H](CCCCCCCCCCCNCCc1ccccn1)[C@@H]2O. The lowest BCUT2D eigenvalue weighted by Crippen LogP contribution is -2.44. The molecule has 3 N–H and O–H groups in total. The average Bonchev–Trinajstić information content (AvgIpc) is 3.23. The summed E-state index contributed by atoms with van der Waals surface area (Å²) in [4.78, 5) is 4.38. The van der Waals surface area contributed by atoms with E-state index in [9.17, 15) is 10.2 Å². The van der Waals surface area contributed by atoms with Crippen LogP contribution in [-0.4, -0.2) is 34.4 Å². The molecule has 4 heteroatoms. The molecule has 0 bridgehead atoms. The van der Waals surface area contributed by atoms with Crippen LogP contribution in [0.1, 0.15) is 120 Å². The second-order valence-electron chi connectivity index (χ2n) is 13.6. The number of pyridine rings is 1. The van der Waals surface area contributed by atoms with Crippen molar-refractivity contribution in [3.05, 3.63) is 59.4 Å². The predicted molar refractivity (Wildman–Crippen MR) is 165 cm³/mol. The summed E-state index contributed by atoms with van der Waals surface area (Å²) < 4.78 is 0. The maximum absolute atomic E-state index is 11.5. The van der Waals surface area contributed by atoms with Gasteiger partial charge in [-0.25, -0.2) is 0 Å². The number of fused-ring (bicyclic) bond motifs is 5. The van der Waals surface area contributed by atoms with Crippen LogP contribution in [0, 0.1) is 23.2 Å². The number of nitrogens with one attached hydrogen (secondary N) is 1. The van der Waals surface area contributed by atoms with Gasteiger partial charge in [-0.3, -0.25) is 4.98 Å². The Hall–Kier alpha value is -1.91. The number of hydrogen-bond acceptors (Lipinski definition) is 4. The Kier molecular flexibility index (Phi) is 10.6. The summed E-state index contributed by atoms with van der Waals surface area (Å²) in [5.74, 6) is 2.89. The van der Waals surface area contributed by atoms with Crippen molar-refractivity contribution in [2.24, 2.45) is 23.2 Å². The van der Waals surface area contributed by atoms with Crippen molar-refractivity contribution in [3.8, 4) is 5.75 Å². The Morgan fingerprint density at radius 1 is 0.925 bits per heavy atom. The molecule has 1 aromatic heterocycles. The molecule has 1 aromatic carbocycles. The second kappa shape index (κ2) is 14.3. The number of phenolic OH excluding ortho intramolecular Hbond substituents is 1. The smallest absolute Gasteiger partial charge is 0.115 e. The van der Waals surface area contributed by atoms with E-state index in [1.54, 1.807) is 0 Å². The zero-order valence-corrected chi connectivity index (χ0v) is 25.0. The quantitative estimate of drug-likeness (QED) is 0.198. The molecule has 0 amide bonds. The number of aromatic nitrogens is 1. The van der Waals surface area contributed by atoms with Crippen molar-refractivity contribution in [2.75, 3.05) is 13.1 Å². The molecule has 1 heterocycles. The lowest BCUT2D eigenvalue weighted by Gasteiger charge is -2.50. The molecule has 40 heavy (non-hydrogen) atoms. The Balaban J connectivity index is 0.914. The van der Waals surface area contributed by atoms with Crippen molar-refractivity contribution in [2.45, 2.75) is 122 Å². The molecule has 4 nitrogen and oxygen atoms in total. The summed E-state index contributed by atoms with van der Waals surface area (Å²) >= 11 is 0. The van der Waals surface area contributed by atoms with Crippen molar-refractivity contribution >= 4 is 0 Å². The monoisotopic (exact) mass is 546 g/mol. The molecule has 5 rings (SSSR count). The lowest BCUT2D eigenvalue weighted by atomic mass is 9.55. The standard InChI is InChI=1S/C36H54N2O2/c1-36-21-19-32-31-18-16-30(39)25-27(31)15-17-33(32)34(36)26-28(35(36)40)13-9-7-5-3-2-4-6-8-11-22-37-24-20-29-14-10-12-23-38-29/h10,12,14,16,18,23,25,28,32-35,37,39-40H,2-9,11,13,15,17,19-22,24,26H2,1H3/t28-,32?,33?,34?,35-,36-/m0/s1. The van der Waals surface area contributed by atoms with Gasteiger partial charge in [0.15, 0.2) is 0 Å². The molecule has 0 saturated heterocycles. The molecular weight excluding hydrogens is 492 g/mol. The number of aliphatic hydroxyl groups is 1. The van der Waals surface area contributed by atoms with E-state index in [1.165, 1.54) is 100 Å². The summed E-state index contributed by atoms with van der Waals surface area (Å²) in [7, 11) is 0. The first-order valence-corrected chi connectivity index (χ1v) is 16.7. The van der Waals surface area contributed by atoms with Gasteiger partial charge in [-0.05, 0) is 116 Å². The van der Waals surface area contributed by atoms with Gasteiger partial charge >= 0.3 is 0 Å². The number of phenols is 1. The summed E-state index contributed by atoms with van der Waals surface area (Å²) in [5.41, 5.74) is 4.13. The van der Waals surface area contributed by atoms with E-state index >= 15 is 0 Å². The third-order valence-electron chi connectivity index (χ3n) is 11.0. The fraction of sp³-hybridized carbons (Fsp3) is 0.694. The summed E-state index contributed by atoms with van der Waals surface area (Å²) in [6, 6.07) is 12.2. The maximum atomic E-state index is 11.5.